The molecule has 132 valence electrons. The standard InChI is InChI=1S/C20H19N3O3/c1-13-7-3-4-8-15(13)19-21-20(26-22-19)14-11-18(24)23(12-14)16-9-5-6-10-17(16)25-2/h3-10,14H,11-12H2,1-2H3. The molecule has 6 heteroatoms. The van der Waals surface area contributed by atoms with E-state index in [-0.39, 0.29) is 11.8 Å². The van der Waals surface area contributed by atoms with Crippen LogP contribution in [-0.4, -0.2) is 29.7 Å². The molecule has 6 nitrogen and oxygen atoms in total. The van der Waals surface area contributed by atoms with Crippen molar-refractivity contribution in [2.45, 2.75) is 19.3 Å². The number of hydrogen-bond acceptors (Lipinski definition) is 5. The maximum Gasteiger partial charge on any atom is 0.232 e. The summed E-state index contributed by atoms with van der Waals surface area (Å²) in [5.41, 5.74) is 2.78. The van der Waals surface area contributed by atoms with Gasteiger partial charge in [-0.1, -0.05) is 41.6 Å². The van der Waals surface area contributed by atoms with Gasteiger partial charge in [0.15, 0.2) is 0 Å². The van der Waals surface area contributed by atoms with Gasteiger partial charge in [-0.3, -0.25) is 4.79 Å². The van der Waals surface area contributed by atoms with E-state index in [1.807, 2.05) is 55.5 Å². The first-order valence-electron chi connectivity index (χ1n) is 8.50. The van der Waals surface area contributed by atoms with Crippen molar-refractivity contribution in [1.82, 2.24) is 10.1 Å². The largest absolute Gasteiger partial charge is 0.495 e. The lowest BCUT2D eigenvalue weighted by Gasteiger charge is -2.18. The first-order chi connectivity index (χ1) is 12.7. The van der Waals surface area contributed by atoms with E-state index in [0.717, 1.165) is 16.8 Å². The van der Waals surface area contributed by atoms with E-state index in [9.17, 15) is 4.79 Å². The molecule has 1 unspecified atom stereocenters. The summed E-state index contributed by atoms with van der Waals surface area (Å²) < 4.78 is 10.9. The summed E-state index contributed by atoms with van der Waals surface area (Å²) in [5.74, 6) is 1.62. The van der Waals surface area contributed by atoms with E-state index >= 15 is 0 Å². The number of hydrogen-bond donors (Lipinski definition) is 0. The number of para-hydroxylation sites is 2. The molecular formula is C20H19N3O3. The molecule has 1 aliphatic rings. The van der Waals surface area contributed by atoms with Gasteiger partial charge in [0.05, 0.1) is 18.7 Å². The van der Waals surface area contributed by atoms with E-state index in [2.05, 4.69) is 10.1 Å². The van der Waals surface area contributed by atoms with Gasteiger partial charge in [0, 0.05) is 18.5 Å². The molecule has 0 N–H and O–H groups in total. The van der Waals surface area contributed by atoms with Crippen LogP contribution >= 0.6 is 0 Å². The molecule has 26 heavy (non-hydrogen) atoms. The lowest BCUT2D eigenvalue weighted by molar-refractivity contribution is -0.117. The molecule has 3 aromatic rings. The van der Waals surface area contributed by atoms with Crippen LogP contribution in [0.3, 0.4) is 0 Å². The maximum atomic E-state index is 12.5. The second-order valence-corrected chi connectivity index (χ2v) is 6.35. The monoisotopic (exact) mass is 349 g/mol. The quantitative estimate of drug-likeness (QED) is 0.720. The summed E-state index contributed by atoms with van der Waals surface area (Å²) in [6, 6.07) is 15.4. The number of carbonyl (C=O) groups excluding carboxylic acids is 1. The average Bonchev–Trinajstić information content (AvgIpc) is 3.29. The second-order valence-electron chi connectivity index (χ2n) is 6.35. The molecule has 1 fully saturated rings. The highest BCUT2D eigenvalue weighted by molar-refractivity contribution is 5.97. The second kappa shape index (κ2) is 6.63. The third-order valence-corrected chi connectivity index (χ3v) is 4.68. The Kier molecular flexibility index (Phi) is 4.16. The summed E-state index contributed by atoms with van der Waals surface area (Å²) in [5, 5.41) is 4.11. The van der Waals surface area contributed by atoms with Crippen molar-refractivity contribution >= 4 is 11.6 Å². The number of carbonyl (C=O) groups is 1. The van der Waals surface area contributed by atoms with E-state index in [1.54, 1.807) is 12.0 Å². The summed E-state index contributed by atoms with van der Waals surface area (Å²) in [4.78, 5) is 18.8. The van der Waals surface area contributed by atoms with Crippen LogP contribution in [0.5, 0.6) is 5.75 Å². The molecule has 0 bridgehead atoms. The van der Waals surface area contributed by atoms with Crippen molar-refractivity contribution in [3.05, 3.63) is 60.0 Å². The molecule has 1 amide bonds. The van der Waals surface area contributed by atoms with Crippen molar-refractivity contribution in [1.29, 1.82) is 0 Å². The third-order valence-electron chi connectivity index (χ3n) is 4.68. The molecule has 1 saturated heterocycles. The van der Waals surface area contributed by atoms with Crippen LogP contribution in [-0.2, 0) is 4.79 Å². The van der Waals surface area contributed by atoms with Gasteiger partial charge in [-0.05, 0) is 24.6 Å². The normalized spacial score (nSPS) is 16.9. The maximum absolute atomic E-state index is 12.5. The topological polar surface area (TPSA) is 68.5 Å². The number of aryl methyl sites for hydroxylation is 1. The minimum absolute atomic E-state index is 0.0233. The fourth-order valence-corrected chi connectivity index (χ4v) is 3.29. The van der Waals surface area contributed by atoms with Crippen LogP contribution in [0.15, 0.2) is 53.1 Å². The number of aromatic nitrogens is 2. The van der Waals surface area contributed by atoms with Crippen LogP contribution in [0.4, 0.5) is 5.69 Å². The predicted octanol–water partition coefficient (Wildman–Crippen LogP) is 3.57. The van der Waals surface area contributed by atoms with Gasteiger partial charge in [0.25, 0.3) is 0 Å². The smallest absolute Gasteiger partial charge is 0.232 e. The molecular weight excluding hydrogens is 330 g/mol. The van der Waals surface area contributed by atoms with E-state index in [4.69, 9.17) is 9.26 Å². The number of ether oxygens (including phenoxy) is 1. The van der Waals surface area contributed by atoms with Gasteiger partial charge in [-0.25, -0.2) is 0 Å². The fourth-order valence-electron chi connectivity index (χ4n) is 3.29. The Hall–Kier alpha value is -3.15. The number of rotatable bonds is 4. The number of anilines is 1. The van der Waals surface area contributed by atoms with Crippen molar-refractivity contribution in [2.24, 2.45) is 0 Å². The summed E-state index contributed by atoms with van der Waals surface area (Å²) in [6.07, 6.45) is 0.341. The van der Waals surface area contributed by atoms with Crippen LogP contribution in [0.2, 0.25) is 0 Å². The highest BCUT2D eigenvalue weighted by Crippen LogP contribution is 2.36. The average molecular weight is 349 g/mol. The number of nitrogens with zero attached hydrogens (tertiary/aromatic N) is 3. The SMILES string of the molecule is COc1ccccc1N1CC(c2nc(-c3ccccc3C)no2)CC1=O. The van der Waals surface area contributed by atoms with Crippen molar-refractivity contribution in [3.63, 3.8) is 0 Å². The van der Waals surface area contributed by atoms with Gasteiger partial charge in [-0.2, -0.15) is 4.98 Å². The molecule has 0 radical (unpaired) electrons. The van der Waals surface area contributed by atoms with Gasteiger partial charge < -0.3 is 14.2 Å². The van der Waals surface area contributed by atoms with Crippen LogP contribution in [0, 0.1) is 6.92 Å². The Balaban J connectivity index is 1.59. The molecule has 0 aliphatic carbocycles. The highest BCUT2D eigenvalue weighted by atomic mass is 16.5. The molecule has 1 atom stereocenters. The van der Waals surface area contributed by atoms with Crippen molar-refractivity contribution < 1.29 is 14.1 Å². The number of amides is 1. The molecule has 2 aromatic carbocycles. The van der Waals surface area contributed by atoms with Crippen LogP contribution in [0.1, 0.15) is 23.8 Å². The van der Waals surface area contributed by atoms with Crippen molar-refractivity contribution in [2.75, 3.05) is 18.6 Å². The summed E-state index contributed by atoms with van der Waals surface area (Å²) in [7, 11) is 1.60. The molecule has 0 spiro atoms. The van der Waals surface area contributed by atoms with Gasteiger partial charge in [0.1, 0.15) is 5.75 Å². The highest BCUT2D eigenvalue weighted by Gasteiger charge is 2.36. The Morgan fingerprint density at radius 3 is 2.73 bits per heavy atom. The minimum Gasteiger partial charge on any atom is -0.495 e. The van der Waals surface area contributed by atoms with Gasteiger partial charge in [-0.15, -0.1) is 0 Å². The lowest BCUT2D eigenvalue weighted by atomic mass is 10.1. The zero-order chi connectivity index (χ0) is 18.1. The van der Waals surface area contributed by atoms with E-state index in [1.165, 1.54) is 0 Å². The minimum atomic E-state index is -0.127. The zero-order valence-electron chi connectivity index (χ0n) is 14.7. The Morgan fingerprint density at radius 2 is 1.92 bits per heavy atom. The van der Waals surface area contributed by atoms with Crippen LogP contribution < -0.4 is 9.64 Å². The Bertz CT molecular complexity index is 951. The van der Waals surface area contributed by atoms with E-state index in [0.29, 0.717) is 30.4 Å². The molecule has 1 aliphatic heterocycles. The lowest BCUT2D eigenvalue weighted by Crippen LogP contribution is -2.24. The summed E-state index contributed by atoms with van der Waals surface area (Å²) in [6.45, 7) is 2.50. The summed E-state index contributed by atoms with van der Waals surface area (Å²) >= 11 is 0. The van der Waals surface area contributed by atoms with Crippen molar-refractivity contribution in [3.8, 4) is 17.1 Å². The molecule has 4 rings (SSSR count). The molecule has 0 saturated carbocycles. The third kappa shape index (κ3) is 2.83. The van der Waals surface area contributed by atoms with E-state index < -0.39 is 0 Å². The predicted molar refractivity (Wildman–Crippen MR) is 97.2 cm³/mol. The van der Waals surface area contributed by atoms with Gasteiger partial charge >= 0.3 is 0 Å². The van der Waals surface area contributed by atoms with Gasteiger partial charge in [0.2, 0.25) is 17.6 Å². The first kappa shape index (κ1) is 16.3. The Labute approximate surface area is 151 Å². The van der Waals surface area contributed by atoms with Crippen LogP contribution in [0.25, 0.3) is 11.4 Å². The number of benzene rings is 2. The zero-order valence-corrected chi connectivity index (χ0v) is 14.7. The fraction of sp³-hybridized carbons (Fsp3) is 0.250. The molecule has 1 aromatic heterocycles. The molecule has 2 heterocycles. The first-order valence-corrected chi connectivity index (χ1v) is 8.50. The number of methoxy groups -OCH3 is 1. The Morgan fingerprint density at radius 1 is 1.15 bits per heavy atom.